The number of aromatic nitrogens is 1. The maximum absolute atomic E-state index is 6.27. The average molecular weight is 460 g/mol. The van der Waals surface area contributed by atoms with Gasteiger partial charge in [0.2, 0.25) is 0 Å². The molecule has 3 aromatic carbocycles. The third-order valence-corrected chi connectivity index (χ3v) is 6.95. The van der Waals surface area contributed by atoms with Gasteiger partial charge in [-0.2, -0.15) is 0 Å². The van der Waals surface area contributed by atoms with Crippen molar-refractivity contribution >= 4 is 39.1 Å². The van der Waals surface area contributed by atoms with Crippen LogP contribution in [0.25, 0.3) is 21.8 Å². The lowest BCUT2D eigenvalue weighted by Gasteiger charge is -2.33. The van der Waals surface area contributed by atoms with Gasteiger partial charge in [0.25, 0.3) is 0 Å². The van der Waals surface area contributed by atoms with Crippen molar-refractivity contribution < 1.29 is 4.74 Å². The number of halogens is 1. The van der Waals surface area contributed by atoms with Crippen molar-refractivity contribution in [2.45, 2.75) is 32.2 Å². The SMILES string of the molecule is COc1ccc2nc3cc(Cl)ccc3c(NC3CCN(CCc4ccc(C)cc4)CC3)c2c1. The second-order valence-electron chi connectivity index (χ2n) is 9.03. The summed E-state index contributed by atoms with van der Waals surface area (Å²) in [7, 11) is 1.70. The third kappa shape index (κ3) is 4.92. The fraction of sp³-hybridized carbons (Fsp3) is 0.321. The van der Waals surface area contributed by atoms with E-state index in [-0.39, 0.29) is 0 Å². The zero-order valence-corrected chi connectivity index (χ0v) is 20.0. The van der Waals surface area contributed by atoms with E-state index in [2.05, 4.69) is 53.5 Å². The van der Waals surface area contributed by atoms with Gasteiger partial charge in [0.05, 0.1) is 23.8 Å². The Morgan fingerprint density at radius 2 is 1.76 bits per heavy atom. The summed E-state index contributed by atoms with van der Waals surface area (Å²) in [5.74, 6) is 0.839. The highest BCUT2D eigenvalue weighted by Gasteiger charge is 2.21. The van der Waals surface area contributed by atoms with Crippen LogP contribution in [0.4, 0.5) is 5.69 Å². The second-order valence-corrected chi connectivity index (χ2v) is 9.46. The maximum Gasteiger partial charge on any atom is 0.119 e. The number of methoxy groups -OCH3 is 1. The van der Waals surface area contributed by atoms with Gasteiger partial charge in [-0.15, -0.1) is 0 Å². The summed E-state index contributed by atoms with van der Waals surface area (Å²) in [6.07, 6.45) is 3.35. The molecule has 0 bridgehead atoms. The van der Waals surface area contributed by atoms with Crippen LogP contribution in [0.2, 0.25) is 5.02 Å². The number of likely N-dealkylation sites (tertiary alicyclic amines) is 1. The molecule has 0 saturated carbocycles. The van der Waals surface area contributed by atoms with Crippen LogP contribution in [0, 0.1) is 6.92 Å². The molecule has 4 nitrogen and oxygen atoms in total. The Bertz CT molecular complexity index is 1260. The topological polar surface area (TPSA) is 37.4 Å². The monoisotopic (exact) mass is 459 g/mol. The van der Waals surface area contributed by atoms with Gasteiger partial charge in [0, 0.05) is 41.5 Å². The lowest BCUT2D eigenvalue weighted by Crippen LogP contribution is -2.40. The van der Waals surface area contributed by atoms with Crippen LogP contribution < -0.4 is 10.1 Å². The van der Waals surface area contributed by atoms with Gasteiger partial charge < -0.3 is 15.0 Å². The number of hydrogen-bond acceptors (Lipinski definition) is 4. The summed E-state index contributed by atoms with van der Waals surface area (Å²) in [4.78, 5) is 7.44. The number of aryl methyl sites for hydroxylation is 1. The highest BCUT2D eigenvalue weighted by molar-refractivity contribution is 6.31. The Balaban J connectivity index is 1.32. The van der Waals surface area contributed by atoms with Crippen molar-refractivity contribution in [1.29, 1.82) is 0 Å². The number of hydrogen-bond donors (Lipinski definition) is 1. The Labute approximate surface area is 200 Å². The molecule has 4 aromatic rings. The van der Waals surface area contributed by atoms with Gasteiger partial charge in [0.1, 0.15) is 5.75 Å². The number of pyridine rings is 1. The molecule has 2 heterocycles. The van der Waals surface area contributed by atoms with Crippen molar-refractivity contribution in [3.05, 3.63) is 76.8 Å². The number of ether oxygens (including phenoxy) is 1. The van der Waals surface area contributed by atoms with Crippen LogP contribution in [-0.2, 0) is 6.42 Å². The summed E-state index contributed by atoms with van der Waals surface area (Å²) in [6, 6.07) is 21.4. The molecule has 1 aromatic heterocycles. The summed E-state index contributed by atoms with van der Waals surface area (Å²) < 4.78 is 5.50. The number of anilines is 1. The van der Waals surface area contributed by atoms with Crippen LogP contribution in [-0.4, -0.2) is 42.7 Å². The molecule has 0 radical (unpaired) electrons. The van der Waals surface area contributed by atoms with E-state index < -0.39 is 0 Å². The van der Waals surface area contributed by atoms with E-state index >= 15 is 0 Å². The van der Waals surface area contributed by atoms with Crippen LogP contribution in [0.5, 0.6) is 5.75 Å². The molecule has 0 atom stereocenters. The molecular formula is C28H30ClN3O. The molecule has 5 rings (SSSR count). The van der Waals surface area contributed by atoms with E-state index in [1.807, 2.05) is 24.3 Å². The fourth-order valence-electron chi connectivity index (χ4n) is 4.73. The Morgan fingerprint density at radius 3 is 2.52 bits per heavy atom. The van der Waals surface area contributed by atoms with E-state index in [9.17, 15) is 0 Å². The first kappa shape index (κ1) is 22.0. The predicted octanol–water partition coefficient (Wildman–Crippen LogP) is 6.48. The minimum Gasteiger partial charge on any atom is -0.497 e. The molecule has 1 N–H and O–H groups in total. The van der Waals surface area contributed by atoms with Crippen LogP contribution >= 0.6 is 11.6 Å². The number of fused-ring (bicyclic) bond motifs is 2. The highest BCUT2D eigenvalue weighted by Crippen LogP contribution is 2.35. The van der Waals surface area contributed by atoms with Gasteiger partial charge in [-0.1, -0.05) is 41.4 Å². The van der Waals surface area contributed by atoms with Crippen molar-refractivity contribution in [3.8, 4) is 5.75 Å². The summed E-state index contributed by atoms with van der Waals surface area (Å²) in [6.45, 7) is 5.48. The van der Waals surface area contributed by atoms with Crippen molar-refractivity contribution in [2.24, 2.45) is 0 Å². The first-order chi connectivity index (χ1) is 16.1. The normalized spacial score (nSPS) is 15.2. The molecule has 0 spiro atoms. The quantitative estimate of drug-likeness (QED) is 0.335. The summed E-state index contributed by atoms with van der Waals surface area (Å²) in [5, 5.41) is 6.77. The second kappa shape index (κ2) is 9.58. The first-order valence-corrected chi connectivity index (χ1v) is 12.1. The Morgan fingerprint density at radius 1 is 0.970 bits per heavy atom. The minimum atomic E-state index is 0.427. The number of benzene rings is 3. The number of piperidine rings is 1. The smallest absolute Gasteiger partial charge is 0.119 e. The molecule has 5 heteroatoms. The molecule has 1 fully saturated rings. The Kier molecular flexibility index (Phi) is 6.39. The standard InChI is InChI=1S/C28H30ClN3O/c1-19-3-5-20(6-4-19)11-14-32-15-12-22(13-16-32)30-28-24-9-7-21(29)17-27(24)31-26-10-8-23(33-2)18-25(26)28/h3-10,17-18,22H,11-16H2,1-2H3,(H,30,31). The zero-order valence-electron chi connectivity index (χ0n) is 19.3. The molecule has 170 valence electrons. The summed E-state index contributed by atoms with van der Waals surface area (Å²) >= 11 is 6.27. The average Bonchev–Trinajstić information content (AvgIpc) is 2.84. The van der Waals surface area contributed by atoms with E-state index in [0.29, 0.717) is 11.1 Å². The molecular weight excluding hydrogens is 430 g/mol. The largest absolute Gasteiger partial charge is 0.497 e. The molecule has 1 aliphatic heterocycles. The van der Waals surface area contributed by atoms with Crippen molar-refractivity contribution in [2.75, 3.05) is 32.1 Å². The maximum atomic E-state index is 6.27. The van der Waals surface area contributed by atoms with Crippen LogP contribution in [0.3, 0.4) is 0 Å². The van der Waals surface area contributed by atoms with Gasteiger partial charge >= 0.3 is 0 Å². The first-order valence-electron chi connectivity index (χ1n) is 11.7. The van der Waals surface area contributed by atoms with E-state index in [1.165, 1.54) is 11.1 Å². The molecule has 33 heavy (non-hydrogen) atoms. The van der Waals surface area contributed by atoms with Gasteiger partial charge in [-0.05, 0) is 68.1 Å². The van der Waals surface area contributed by atoms with Gasteiger partial charge in [0.15, 0.2) is 0 Å². The van der Waals surface area contributed by atoms with Crippen LogP contribution in [0.1, 0.15) is 24.0 Å². The van der Waals surface area contributed by atoms with E-state index in [1.54, 1.807) is 7.11 Å². The number of rotatable bonds is 6. The fourth-order valence-corrected chi connectivity index (χ4v) is 4.89. The number of nitrogens with one attached hydrogen (secondary N) is 1. The molecule has 1 saturated heterocycles. The lowest BCUT2D eigenvalue weighted by atomic mass is 10.0. The van der Waals surface area contributed by atoms with Crippen LogP contribution in [0.15, 0.2) is 60.7 Å². The predicted molar refractivity (Wildman–Crippen MR) is 139 cm³/mol. The van der Waals surface area contributed by atoms with E-state index in [4.69, 9.17) is 21.3 Å². The van der Waals surface area contributed by atoms with Crippen molar-refractivity contribution in [3.63, 3.8) is 0 Å². The Hall–Kier alpha value is -2.82. The van der Waals surface area contributed by atoms with Crippen molar-refractivity contribution in [1.82, 2.24) is 9.88 Å². The third-order valence-electron chi connectivity index (χ3n) is 6.72. The summed E-state index contributed by atoms with van der Waals surface area (Å²) in [5.41, 5.74) is 5.73. The molecule has 1 aliphatic rings. The highest BCUT2D eigenvalue weighted by atomic mass is 35.5. The van der Waals surface area contributed by atoms with E-state index in [0.717, 1.165) is 72.1 Å². The molecule has 0 unspecified atom stereocenters. The van der Waals surface area contributed by atoms with Gasteiger partial charge in [-0.3, -0.25) is 0 Å². The molecule has 0 amide bonds. The zero-order chi connectivity index (χ0) is 22.8. The lowest BCUT2D eigenvalue weighted by molar-refractivity contribution is 0.221. The molecule has 0 aliphatic carbocycles. The minimum absolute atomic E-state index is 0.427. The number of nitrogens with zero attached hydrogens (tertiary/aromatic N) is 2. The van der Waals surface area contributed by atoms with Gasteiger partial charge in [-0.25, -0.2) is 4.98 Å².